The molecule has 1 aromatic rings. The Morgan fingerprint density at radius 2 is 2.05 bits per heavy atom. The Labute approximate surface area is 122 Å². The number of hydrogen-bond acceptors (Lipinski definition) is 5. The lowest BCUT2D eigenvalue weighted by molar-refractivity contribution is -0.0280. The van der Waals surface area contributed by atoms with Crippen molar-refractivity contribution in [1.82, 2.24) is 10.1 Å². The van der Waals surface area contributed by atoms with Gasteiger partial charge in [0.05, 0.1) is 13.7 Å². The molecule has 9 heteroatoms. The number of halogens is 1. The largest absolute Gasteiger partial charge is 0.462 e. The summed E-state index contributed by atoms with van der Waals surface area (Å²) in [6.45, 7) is 0.0319. The molecule has 2 amide bonds. The van der Waals surface area contributed by atoms with E-state index in [0.29, 0.717) is 5.12 Å². The van der Waals surface area contributed by atoms with Gasteiger partial charge in [-0.05, 0) is 22.9 Å². The second-order valence-corrected chi connectivity index (χ2v) is 4.81. The van der Waals surface area contributed by atoms with Crippen molar-refractivity contribution in [3.05, 3.63) is 34.3 Å². The van der Waals surface area contributed by atoms with Gasteiger partial charge in [-0.15, -0.1) is 0 Å². The van der Waals surface area contributed by atoms with E-state index in [2.05, 4.69) is 31.0 Å². The number of amides is 2. The molecule has 106 valence electrons. The summed E-state index contributed by atoms with van der Waals surface area (Å²) in [5, 5.41) is 17.7. The fourth-order valence-electron chi connectivity index (χ4n) is 1.69. The lowest BCUT2D eigenvalue weighted by atomic mass is 10.1. The molecular weight excluding hydrogens is 332 g/mol. The Kier molecular flexibility index (Phi) is 4.18. The molecule has 8 nitrogen and oxygen atoms in total. The van der Waals surface area contributed by atoms with Crippen LogP contribution in [0.4, 0.5) is 9.59 Å². The summed E-state index contributed by atoms with van der Waals surface area (Å²) in [5.41, 5.74) is 0.816. The number of carboxylic acid groups (broad SMARTS) is 1. The Morgan fingerprint density at radius 1 is 1.40 bits per heavy atom. The van der Waals surface area contributed by atoms with Gasteiger partial charge in [-0.3, -0.25) is 0 Å². The minimum absolute atomic E-state index is 0.0319. The van der Waals surface area contributed by atoms with Gasteiger partial charge < -0.3 is 9.84 Å². The molecule has 1 heterocycles. The van der Waals surface area contributed by atoms with E-state index >= 15 is 0 Å². The number of methoxy groups -OCH3 is 1. The number of hydrogen-bond donors (Lipinski definition) is 1. The Bertz CT molecular complexity index is 548. The number of hydrazine groups is 1. The maximum Gasteiger partial charge on any atom is 0.449 e. The topological polar surface area (TPSA) is 94.8 Å². The third kappa shape index (κ3) is 2.87. The van der Waals surface area contributed by atoms with Crippen LogP contribution in [-0.2, 0) is 4.74 Å². The number of rotatable bonds is 1. The summed E-state index contributed by atoms with van der Waals surface area (Å²) < 4.78 is 5.45. The number of nitrogens with zero attached hydrogens (tertiary/aromatic N) is 4. The fraction of sp³-hybridized carbons (Fsp3) is 0.273. The van der Waals surface area contributed by atoms with E-state index in [1.54, 1.807) is 0 Å². The van der Waals surface area contributed by atoms with Crippen LogP contribution in [0.5, 0.6) is 0 Å². The number of ether oxygens (including phenoxy) is 1. The fourth-order valence-corrected chi connectivity index (χ4v) is 1.96. The van der Waals surface area contributed by atoms with Gasteiger partial charge in [-0.2, -0.15) is 10.1 Å². The first-order valence-electron chi connectivity index (χ1n) is 5.57. The summed E-state index contributed by atoms with van der Waals surface area (Å²) in [6.07, 6.45) is -2.22. The molecule has 1 aliphatic heterocycles. The van der Waals surface area contributed by atoms with Crippen molar-refractivity contribution in [2.75, 3.05) is 13.7 Å². The second kappa shape index (κ2) is 5.87. The van der Waals surface area contributed by atoms with Crippen LogP contribution in [0, 0.1) is 0 Å². The van der Waals surface area contributed by atoms with Crippen molar-refractivity contribution in [2.45, 2.75) is 6.04 Å². The van der Waals surface area contributed by atoms with Crippen LogP contribution in [0.2, 0.25) is 0 Å². The summed E-state index contributed by atoms with van der Waals surface area (Å²) >= 11 is 3.32. The van der Waals surface area contributed by atoms with Gasteiger partial charge in [-0.25, -0.2) is 9.59 Å². The highest BCUT2D eigenvalue weighted by molar-refractivity contribution is 9.10. The average molecular weight is 343 g/mol. The average Bonchev–Trinajstić information content (AvgIpc) is 2.46. The zero-order valence-electron chi connectivity index (χ0n) is 10.4. The molecule has 0 saturated carbocycles. The molecule has 0 aromatic heterocycles. The third-order valence-corrected chi connectivity index (χ3v) is 3.19. The molecular formula is C11H11BrN4O4. The third-order valence-electron chi connectivity index (χ3n) is 2.66. The predicted octanol–water partition coefficient (Wildman–Crippen LogP) is 2.83. The standard InChI is InChI=1S/C11H11BrN4O4/c1-20-11(19)15-6-9(13-14-16(15)10(17)18)7-2-4-8(12)5-3-7/h2-5,9H,6H2,1H3,(H,17,18). The molecule has 2 rings (SSSR count). The monoisotopic (exact) mass is 342 g/mol. The van der Waals surface area contributed by atoms with Crippen molar-refractivity contribution in [2.24, 2.45) is 10.3 Å². The normalized spacial score (nSPS) is 18.0. The van der Waals surface area contributed by atoms with E-state index in [1.165, 1.54) is 7.11 Å². The van der Waals surface area contributed by atoms with Crippen LogP contribution in [-0.4, -0.2) is 41.1 Å². The van der Waals surface area contributed by atoms with Gasteiger partial charge in [-0.1, -0.05) is 33.2 Å². The first-order chi connectivity index (χ1) is 9.52. The Hall–Kier alpha value is -2.16. The molecule has 0 bridgehead atoms. The number of carbonyl (C=O) groups excluding carboxylic acids is 1. The maximum atomic E-state index is 11.6. The molecule has 1 aromatic carbocycles. The van der Waals surface area contributed by atoms with Crippen molar-refractivity contribution in [1.29, 1.82) is 0 Å². The van der Waals surface area contributed by atoms with Crippen LogP contribution in [0.15, 0.2) is 39.1 Å². The molecule has 1 unspecified atom stereocenters. The van der Waals surface area contributed by atoms with E-state index in [-0.39, 0.29) is 6.54 Å². The molecule has 1 aliphatic rings. The van der Waals surface area contributed by atoms with Crippen LogP contribution < -0.4 is 0 Å². The number of carbonyl (C=O) groups is 2. The lowest BCUT2D eigenvalue weighted by Gasteiger charge is -2.31. The van der Waals surface area contributed by atoms with Gasteiger partial charge in [0, 0.05) is 4.47 Å². The summed E-state index contributed by atoms with van der Waals surface area (Å²) in [4.78, 5) is 22.6. The highest BCUT2D eigenvalue weighted by atomic mass is 79.9. The van der Waals surface area contributed by atoms with Gasteiger partial charge in [0.2, 0.25) is 0 Å². The lowest BCUT2D eigenvalue weighted by Crippen LogP contribution is -2.49. The SMILES string of the molecule is COC(=O)N1CC(c2ccc(Br)cc2)N=NN1C(=O)O. The molecule has 1 N–H and O–H groups in total. The Balaban J connectivity index is 2.26. The molecule has 0 spiro atoms. The van der Waals surface area contributed by atoms with E-state index in [9.17, 15) is 9.59 Å². The van der Waals surface area contributed by atoms with Crippen LogP contribution in [0.1, 0.15) is 11.6 Å². The van der Waals surface area contributed by atoms with Gasteiger partial charge in [0.25, 0.3) is 0 Å². The Morgan fingerprint density at radius 3 is 2.60 bits per heavy atom. The van der Waals surface area contributed by atoms with E-state index in [4.69, 9.17) is 5.11 Å². The predicted molar refractivity (Wildman–Crippen MR) is 70.7 cm³/mol. The zero-order chi connectivity index (χ0) is 14.7. The van der Waals surface area contributed by atoms with Crippen molar-refractivity contribution >= 4 is 28.1 Å². The molecule has 0 saturated heterocycles. The van der Waals surface area contributed by atoms with E-state index < -0.39 is 18.2 Å². The van der Waals surface area contributed by atoms with E-state index in [1.807, 2.05) is 24.3 Å². The minimum Gasteiger partial charge on any atom is -0.462 e. The highest BCUT2D eigenvalue weighted by Gasteiger charge is 2.33. The van der Waals surface area contributed by atoms with Gasteiger partial charge in [0.1, 0.15) is 6.04 Å². The summed E-state index contributed by atoms with van der Waals surface area (Å²) in [5.74, 6) is 0. The van der Waals surface area contributed by atoms with Crippen LogP contribution in [0.25, 0.3) is 0 Å². The van der Waals surface area contributed by atoms with E-state index in [0.717, 1.165) is 15.0 Å². The first-order valence-corrected chi connectivity index (χ1v) is 6.37. The smallest absolute Gasteiger partial charge is 0.449 e. The zero-order valence-corrected chi connectivity index (χ0v) is 12.0. The highest BCUT2D eigenvalue weighted by Crippen LogP contribution is 2.26. The molecule has 20 heavy (non-hydrogen) atoms. The first kappa shape index (κ1) is 14.3. The van der Waals surface area contributed by atoms with Crippen LogP contribution >= 0.6 is 15.9 Å². The van der Waals surface area contributed by atoms with Crippen LogP contribution in [0.3, 0.4) is 0 Å². The van der Waals surface area contributed by atoms with Crippen molar-refractivity contribution in [3.8, 4) is 0 Å². The summed E-state index contributed by atoms with van der Waals surface area (Å²) in [7, 11) is 1.17. The summed E-state index contributed by atoms with van der Waals surface area (Å²) in [6, 6.07) is 6.85. The minimum atomic E-state index is -1.41. The second-order valence-electron chi connectivity index (χ2n) is 3.90. The molecule has 0 fully saturated rings. The maximum absolute atomic E-state index is 11.6. The van der Waals surface area contributed by atoms with Crippen molar-refractivity contribution < 1.29 is 19.4 Å². The molecule has 0 radical (unpaired) electrons. The van der Waals surface area contributed by atoms with Crippen molar-refractivity contribution in [3.63, 3.8) is 0 Å². The molecule has 0 aliphatic carbocycles. The molecule has 1 atom stereocenters. The van der Waals surface area contributed by atoms with Gasteiger partial charge >= 0.3 is 12.2 Å². The number of benzene rings is 1. The quantitative estimate of drug-likeness (QED) is 0.848. The van der Waals surface area contributed by atoms with Gasteiger partial charge in [0.15, 0.2) is 0 Å².